The second kappa shape index (κ2) is 3.30. The van der Waals surface area contributed by atoms with Crippen LogP contribution in [0, 0.1) is 5.82 Å². The Bertz CT molecular complexity index is 351. The number of rotatable bonds is 1. The fourth-order valence-electron chi connectivity index (χ4n) is 0.879. The van der Waals surface area contributed by atoms with Gasteiger partial charge in [0.25, 0.3) is 0 Å². The molecule has 70 valence electrons. The molecule has 5 heteroatoms. The summed E-state index contributed by atoms with van der Waals surface area (Å²) in [5.74, 6) is -2.41. The first kappa shape index (κ1) is 9.31. The van der Waals surface area contributed by atoms with Crippen LogP contribution in [-0.4, -0.2) is 18.2 Å². The van der Waals surface area contributed by atoms with E-state index in [1.54, 1.807) is 0 Å². The summed E-state index contributed by atoms with van der Waals surface area (Å²) in [5, 5.41) is 9.21. The predicted molar refractivity (Wildman–Crippen MR) is 43.8 cm³/mol. The van der Waals surface area contributed by atoms with Crippen molar-refractivity contribution in [2.45, 2.75) is 0 Å². The Morgan fingerprint density at radius 1 is 1.62 bits per heavy atom. The van der Waals surface area contributed by atoms with Gasteiger partial charge in [0, 0.05) is 0 Å². The minimum Gasteiger partial charge on any atom is -0.505 e. The van der Waals surface area contributed by atoms with E-state index in [0.717, 1.165) is 19.2 Å². The zero-order valence-corrected chi connectivity index (χ0v) is 6.87. The molecule has 4 nitrogen and oxygen atoms in total. The maximum atomic E-state index is 13.0. The molecule has 0 aliphatic carbocycles. The number of anilines is 1. The van der Waals surface area contributed by atoms with Gasteiger partial charge in [0.15, 0.2) is 5.75 Å². The van der Waals surface area contributed by atoms with Crippen molar-refractivity contribution >= 4 is 11.7 Å². The fourth-order valence-corrected chi connectivity index (χ4v) is 0.879. The lowest BCUT2D eigenvalue weighted by atomic mass is 10.1. The number of phenols is 1. The van der Waals surface area contributed by atoms with Gasteiger partial charge >= 0.3 is 5.97 Å². The standard InChI is InChI=1S/C8H8FNO3/c1-13-8(12)6-4(9)2-3-5(10)7(6)11/h2-3,11H,10H2,1H3. The first-order valence-electron chi connectivity index (χ1n) is 3.43. The van der Waals surface area contributed by atoms with E-state index in [1.807, 2.05) is 0 Å². The lowest BCUT2D eigenvalue weighted by molar-refractivity contribution is 0.0592. The van der Waals surface area contributed by atoms with Gasteiger partial charge in [-0.15, -0.1) is 0 Å². The van der Waals surface area contributed by atoms with Crippen LogP contribution in [0.3, 0.4) is 0 Å². The van der Waals surface area contributed by atoms with Crippen LogP contribution in [-0.2, 0) is 4.74 Å². The minimum absolute atomic E-state index is 0.0678. The third-order valence-corrected chi connectivity index (χ3v) is 1.55. The Morgan fingerprint density at radius 2 is 2.23 bits per heavy atom. The van der Waals surface area contributed by atoms with E-state index in [-0.39, 0.29) is 5.69 Å². The highest BCUT2D eigenvalue weighted by Gasteiger charge is 2.18. The maximum Gasteiger partial charge on any atom is 0.344 e. The molecule has 1 aromatic carbocycles. The van der Waals surface area contributed by atoms with Crippen LogP contribution in [0.5, 0.6) is 5.75 Å². The molecule has 13 heavy (non-hydrogen) atoms. The summed E-state index contributed by atoms with van der Waals surface area (Å²) < 4.78 is 17.2. The molecular formula is C8H8FNO3. The predicted octanol–water partition coefficient (Wildman–Crippen LogP) is 0.900. The molecule has 0 saturated carbocycles. The first-order chi connectivity index (χ1) is 6.07. The third-order valence-electron chi connectivity index (χ3n) is 1.55. The number of hydrogen-bond donors (Lipinski definition) is 2. The Morgan fingerprint density at radius 3 is 2.77 bits per heavy atom. The second-order valence-electron chi connectivity index (χ2n) is 2.35. The van der Waals surface area contributed by atoms with Crippen LogP contribution >= 0.6 is 0 Å². The number of methoxy groups -OCH3 is 1. The maximum absolute atomic E-state index is 13.0. The number of nitrogen functional groups attached to an aromatic ring is 1. The molecule has 1 aromatic rings. The molecule has 0 aliphatic heterocycles. The number of halogens is 1. The van der Waals surface area contributed by atoms with E-state index in [9.17, 15) is 14.3 Å². The molecule has 0 heterocycles. The number of phenolic OH excluding ortho intramolecular Hbond substituents is 1. The van der Waals surface area contributed by atoms with Gasteiger partial charge in [0.1, 0.15) is 11.4 Å². The van der Waals surface area contributed by atoms with Crippen molar-refractivity contribution < 1.29 is 19.0 Å². The molecule has 0 radical (unpaired) electrons. The number of aromatic hydroxyl groups is 1. The molecule has 0 aliphatic rings. The van der Waals surface area contributed by atoms with E-state index >= 15 is 0 Å². The zero-order valence-electron chi connectivity index (χ0n) is 6.87. The van der Waals surface area contributed by atoms with E-state index in [2.05, 4.69) is 4.74 Å². The van der Waals surface area contributed by atoms with Gasteiger partial charge in [-0.3, -0.25) is 0 Å². The number of nitrogens with two attached hydrogens (primary N) is 1. The van der Waals surface area contributed by atoms with E-state index in [0.29, 0.717) is 0 Å². The molecule has 0 bridgehead atoms. The molecule has 0 spiro atoms. The van der Waals surface area contributed by atoms with Crippen molar-refractivity contribution in [1.29, 1.82) is 0 Å². The van der Waals surface area contributed by atoms with Gasteiger partial charge in [0.05, 0.1) is 12.8 Å². The molecule has 0 unspecified atom stereocenters. The van der Waals surface area contributed by atoms with Crippen LogP contribution in [0.1, 0.15) is 10.4 Å². The van der Waals surface area contributed by atoms with Crippen molar-refractivity contribution in [3.8, 4) is 5.75 Å². The fraction of sp³-hybridized carbons (Fsp3) is 0.125. The van der Waals surface area contributed by atoms with Gasteiger partial charge < -0.3 is 15.6 Å². The molecule has 3 N–H and O–H groups in total. The zero-order chi connectivity index (χ0) is 10.0. The van der Waals surface area contributed by atoms with E-state index in [1.165, 1.54) is 0 Å². The SMILES string of the molecule is COC(=O)c1c(F)ccc(N)c1O. The molecular weight excluding hydrogens is 177 g/mol. The molecule has 0 aromatic heterocycles. The molecule has 0 amide bonds. The van der Waals surface area contributed by atoms with Crippen LogP contribution in [0.4, 0.5) is 10.1 Å². The van der Waals surface area contributed by atoms with E-state index < -0.39 is 23.1 Å². The molecule has 0 atom stereocenters. The van der Waals surface area contributed by atoms with Crippen LogP contribution in [0.2, 0.25) is 0 Å². The van der Waals surface area contributed by atoms with Gasteiger partial charge in [-0.2, -0.15) is 0 Å². The van der Waals surface area contributed by atoms with Crippen LogP contribution in [0.25, 0.3) is 0 Å². The van der Waals surface area contributed by atoms with Crippen molar-refractivity contribution in [2.24, 2.45) is 0 Å². The Labute approximate surface area is 73.7 Å². The summed E-state index contributed by atoms with van der Waals surface area (Å²) in [6.07, 6.45) is 0. The number of carbonyl (C=O) groups excluding carboxylic acids is 1. The van der Waals surface area contributed by atoms with Crippen molar-refractivity contribution in [2.75, 3.05) is 12.8 Å². The smallest absolute Gasteiger partial charge is 0.344 e. The number of carbonyl (C=O) groups is 1. The van der Waals surface area contributed by atoms with Crippen molar-refractivity contribution in [3.05, 3.63) is 23.5 Å². The van der Waals surface area contributed by atoms with Crippen molar-refractivity contribution in [3.63, 3.8) is 0 Å². The normalized spacial score (nSPS) is 9.69. The van der Waals surface area contributed by atoms with Gasteiger partial charge in [0.2, 0.25) is 0 Å². The number of esters is 1. The largest absolute Gasteiger partial charge is 0.505 e. The average Bonchev–Trinajstić information content (AvgIpc) is 2.12. The quantitative estimate of drug-likeness (QED) is 0.387. The second-order valence-corrected chi connectivity index (χ2v) is 2.35. The monoisotopic (exact) mass is 185 g/mol. The Hall–Kier alpha value is -1.78. The highest BCUT2D eigenvalue weighted by Crippen LogP contribution is 2.27. The first-order valence-corrected chi connectivity index (χ1v) is 3.43. The summed E-state index contributed by atoms with van der Waals surface area (Å²) in [4.78, 5) is 10.9. The molecule has 0 fully saturated rings. The number of hydrogen-bond acceptors (Lipinski definition) is 4. The molecule has 0 saturated heterocycles. The Balaban J connectivity index is 3.33. The van der Waals surface area contributed by atoms with Crippen LogP contribution < -0.4 is 5.73 Å². The summed E-state index contributed by atoms with van der Waals surface area (Å²) in [7, 11) is 1.09. The summed E-state index contributed by atoms with van der Waals surface area (Å²) in [5.41, 5.74) is 4.65. The Kier molecular flexibility index (Phi) is 2.36. The van der Waals surface area contributed by atoms with E-state index in [4.69, 9.17) is 5.73 Å². The summed E-state index contributed by atoms with van der Waals surface area (Å²) in [6, 6.07) is 2.15. The molecule has 1 rings (SSSR count). The summed E-state index contributed by atoms with van der Waals surface area (Å²) in [6.45, 7) is 0. The van der Waals surface area contributed by atoms with Crippen LogP contribution in [0.15, 0.2) is 12.1 Å². The van der Waals surface area contributed by atoms with Gasteiger partial charge in [-0.25, -0.2) is 9.18 Å². The summed E-state index contributed by atoms with van der Waals surface area (Å²) >= 11 is 0. The lowest BCUT2D eigenvalue weighted by Crippen LogP contribution is -2.06. The minimum atomic E-state index is -0.956. The number of benzene rings is 1. The highest BCUT2D eigenvalue weighted by atomic mass is 19.1. The average molecular weight is 185 g/mol. The van der Waals surface area contributed by atoms with Gasteiger partial charge in [-0.1, -0.05) is 0 Å². The lowest BCUT2D eigenvalue weighted by Gasteiger charge is -2.05. The van der Waals surface area contributed by atoms with Crippen molar-refractivity contribution in [1.82, 2.24) is 0 Å². The third kappa shape index (κ3) is 1.53. The topological polar surface area (TPSA) is 72.5 Å². The van der Waals surface area contributed by atoms with Gasteiger partial charge in [-0.05, 0) is 12.1 Å². The number of ether oxygens (including phenoxy) is 1. The highest BCUT2D eigenvalue weighted by molar-refractivity contribution is 5.94.